The summed E-state index contributed by atoms with van der Waals surface area (Å²) in [5, 5.41) is 5.21. The molecule has 2 fully saturated rings. The van der Waals surface area contributed by atoms with Gasteiger partial charge in [-0.05, 0) is 31.0 Å². The second-order valence-corrected chi connectivity index (χ2v) is 6.96. The van der Waals surface area contributed by atoms with E-state index < -0.39 is 24.0 Å². The molecule has 8 nitrogen and oxygen atoms in total. The van der Waals surface area contributed by atoms with Crippen molar-refractivity contribution in [1.29, 1.82) is 0 Å². The fourth-order valence-electron chi connectivity index (χ4n) is 3.67. The standard InChI is InChI=1S/C20H22N4O4/c1-3-14-7-6-8-15(11-14)23(12-16(25)21-2)17(26)13-24-18(27)20(22-19(24)28)9-4-5-10-20/h1,6-8,11H,4-5,9-10,12-13H2,2H3,(H,21,25)(H,22,28). The Balaban J connectivity index is 1.83. The molecular weight excluding hydrogens is 360 g/mol. The van der Waals surface area contributed by atoms with Crippen molar-refractivity contribution in [2.45, 2.75) is 31.2 Å². The fraction of sp³-hybridized carbons (Fsp3) is 0.400. The van der Waals surface area contributed by atoms with Crippen LogP contribution in [0.2, 0.25) is 0 Å². The molecule has 1 aromatic rings. The van der Waals surface area contributed by atoms with E-state index >= 15 is 0 Å². The van der Waals surface area contributed by atoms with Crippen LogP contribution in [-0.2, 0) is 14.4 Å². The lowest BCUT2D eigenvalue weighted by Gasteiger charge is -2.25. The summed E-state index contributed by atoms with van der Waals surface area (Å²) < 4.78 is 0. The molecule has 1 aromatic carbocycles. The molecule has 8 heteroatoms. The van der Waals surface area contributed by atoms with E-state index in [2.05, 4.69) is 16.6 Å². The summed E-state index contributed by atoms with van der Waals surface area (Å²) in [6, 6.07) is 6.05. The monoisotopic (exact) mass is 382 g/mol. The molecule has 146 valence electrons. The van der Waals surface area contributed by atoms with Gasteiger partial charge in [0.05, 0.1) is 0 Å². The summed E-state index contributed by atoms with van der Waals surface area (Å²) in [5.41, 5.74) is 0.0885. The maximum atomic E-state index is 13.0. The highest BCUT2D eigenvalue weighted by Gasteiger charge is 2.52. The molecule has 2 aliphatic rings. The van der Waals surface area contributed by atoms with Gasteiger partial charge in [0.15, 0.2) is 0 Å². The molecule has 28 heavy (non-hydrogen) atoms. The maximum absolute atomic E-state index is 13.0. The van der Waals surface area contributed by atoms with Crippen LogP contribution in [0.4, 0.5) is 10.5 Å². The van der Waals surface area contributed by atoms with E-state index in [1.807, 2.05) is 0 Å². The number of hydrogen-bond acceptors (Lipinski definition) is 4. The van der Waals surface area contributed by atoms with Crippen LogP contribution < -0.4 is 15.5 Å². The van der Waals surface area contributed by atoms with Crippen LogP contribution in [0, 0.1) is 12.3 Å². The van der Waals surface area contributed by atoms with Crippen molar-refractivity contribution in [2.75, 3.05) is 25.0 Å². The summed E-state index contributed by atoms with van der Waals surface area (Å²) in [7, 11) is 1.46. The van der Waals surface area contributed by atoms with Crippen LogP contribution >= 0.6 is 0 Å². The Labute approximate surface area is 163 Å². The number of carbonyl (C=O) groups is 4. The lowest BCUT2D eigenvalue weighted by molar-refractivity contribution is -0.134. The molecule has 2 N–H and O–H groups in total. The maximum Gasteiger partial charge on any atom is 0.325 e. The molecule has 1 aliphatic carbocycles. The number of likely N-dealkylation sites (N-methyl/N-ethyl adjacent to an activating group) is 1. The number of carbonyl (C=O) groups excluding carboxylic acids is 4. The minimum atomic E-state index is -0.883. The number of amides is 5. The third kappa shape index (κ3) is 3.56. The highest BCUT2D eigenvalue weighted by atomic mass is 16.2. The third-order valence-corrected chi connectivity index (χ3v) is 5.20. The van der Waals surface area contributed by atoms with Crippen molar-refractivity contribution in [3.8, 4) is 12.3 Å². The van der Waals surface area contributed by atoms with E-state index in [1.54, 1.807) is 24.3 Å². The lowest BCUT2D eigenvalue weighted by atomic mass is 9.98. The first-order valence-electron chi connectivity index (χ1n) is 9.12. The molecule has 1 aliphatic heterocycles. The Morgan fingerprint density at radius 1 is 1.32 bits per heavy atom. The first-order chi connectivity index (χ1) is 13.4. The van der Waals surface area contributed by atoms with Crippen LogP contribution in [0.1, 0.15) is 31.2 Å². The topological polar surface area (TPSA) is 98.8 Å². The fourth-order valence-corrected chi connectivity index (χ4v) is 3.67. The number of rotatable bonds is 5. The highest BCUT2D eigenvalue weighted by molar-refractivity contribution is 6.11. The zero-order valence-electron chi connectivity index (χ0n) is 15.7. The zero-order chi connectivity index (χ0) is 20.3. The summed E-state index contributed by atoms with van der Waals surface area (Å²) in [5.74, 6) is 1.18. The molecule has 5 amide bonds. The second kappa shape index (κ2) is 7.72. The van der Waals surface area contributed by atoms with E-state index in [-0.39, 0.29) is 18.4 Å². The molecule has 0 atom stereocenters. The SMILES string of the molecule is C#Cc1cccc(N(CC(=O)NC)C(=O)CN2C(=O)NC3(CCCC3)C2=O)c1. The molecule has 1 saturated heterocycles. The predicted octanol–water partition coefficient (Wildman–Crippen LogP) is 0.611. The van der Waals surface area contributed by atoms with Crippen LogP contribution in [0.5, 0.6) is 0 Å². The molecule has 1 heterocycles. The van der Waals surface area contributed by atoms with E-state index in [4.69, 9.17) is 6.42 Å². The minimum absolute atomic E-state index is 0.252. The second-order valence-electron chi connectivity index (χ2n) is 6.96. The Bertz CT molecular complexity index is 867. The Morgan fingerprint density at radius 3 is 2.68 bits per heavy atom. The Hall–Kier alpha value is -3.34. The van der Waals surface area contributed by atoms with E-state index in [0.717, 1.165) is 17.7 Å². The number of nitrogens with zero attached hydrogens (tertiary/aromatic N) is 2. The summed E-state index contributed by atoms with van der Waals surface area (Å²) in [4.78, 5) is 52.2. The molecule has 1 saturated carbocycles. The largest absolute Gasteiger partial charge is 0.358 e. The van der Waals surface area contributed by atoms with Gasteiger partial charge in [0.25, 0.3) is 5.91 Å². The first kappa shape index (κ1) is 19.4. The van der Waals surface area contributed by atoms with Crippen molar-refractivity contribution in [2.24, 2.45) is 0 Å². The normalized spacial score (nSPS) is 17.4. The predicted molar refractivity (Wildman–Crippen MR) is 102 cm³/mol. The van der Waals surface area contributed by atoms with Gasteiger partial charge < -0.3 is 15.5 Å². The number of terminal acetylenes is 1. The van der Waals surface area contributed by atoms with Crippen LogP contribution in [-0.4, -0.2) is 54.3 Å². The van der Waals surface area contributed by atoms with Crippen LogP contribution in [0.25, 0.3) is 0 Å². The van der Waals surface area contributed by atoms with Gasteiger partial charge in [0.1, 0.15) is 18.6 Å². The molecule has 0 aromatic heterocycles. The van der Waals surface area contributed by atoms with Gasteiger partial charge in [-0.15, -0.1) is 6.42 Å². The van der Waals surface area contributed by atoms with E-state index in [0.29, 0.717) is 24.1 Å². The Morgan fingerprint density at radius 2 is 2.04 bits per heavy atom. The van der Waals surface area contributed by atoms with Crippen LogP contribution in [0.3, 0.4) is 0 Å². The quantitative estimate of drug-likeness (QED) is 0.576. The number of imide groups is 1. The number of urea groups is 1. The molecule has 0 bridgehead atoms. The molecule has 0 radical (unpaired) electrons. The first-order valence-corrected chi connectivity index (χ1v) is 9.12. The van der Waals surface area contributed by atoms with Gasteiger partial charge in [-0.1, -0.05) is 24.8 Å². The van der Waals surface area contributed by atoms with E-state index in [1.165, 1.54) is 11.9 Å². The minimum Gasteiger partial charge on any atom is -0.358 e. The van der Waals surface area contributed by atoms with Crippen LogP contribution in [0.15, 0.2) is 24.3 Å². The summed E-state index contributed by atoms with van der Waals surface area (Å²) >= 11 is 0. The number of benzene rings is 1. The molecule has 0 unspecified atom stereocenters. The third-order valence-electron chi connectivity index (χ3n) is 5.20. The lowest BCUT2D eigenvalue weighted by Crippen LogP contribution is -2.48. The molecular formula is C20H22N4O4. The number of anilines is 1. The smallest absolute Gasteiger partial charge is 0.325 e. The van der Waals surface area contributed by atoms with Crippen molar-refractivity contribution >= 4 is 29.4 Å². The van der Waals surface area contributed by atoms with Gasteiger partial charge >= 0.3 is 6.03 Å². The number of nitrogens with one attached hydrogen (secondary N) is 2. The average molecular weight is 382 g/mol. The number of hydrogen-bond donors (Lipinski definition) is 2. The molecule has 1 spiro atoms. The summed E-state index contributed by atoms with van der Waals surface area (Å²) in [6.07, 6.45) is 8.29. The molecule has 3 rings (SSSR count). The van der Waals surface area contributed by atoms with Crippen molar-refractivity contribution in [3.63, 3.8) is 0 Å². The summed E-state index contributed by atoms with van der Waals surface area (Å²) in [6.45, 7) is -0.693. The van der Waals surface area contributed by atoms with Crippen molar-refractivity contribution in [1.82, 2.24) is 15.5 Å². The van der Waals surface area contributed by atoms with Gasteiger partial charge in [-0.25, -0.2) is 4.79 Å². The van der Waals surface area contributed by atoms with Gasteiger partial charge in [0.2, 0.25) is 11.8 Å². The zero-order valence-corrected chi connectivity index (χ0v) is 15.7. The van der Waals surface area contributed by atoms with Gasteiger partial charge in [0, 0.05) is 18.3 Å². The van der Waals surface area contributed by atoms with Crippen molar-refractivity contribution in [3.05, 3.63) is 29.8 Å². The van der Waals surface area contributed by atoms with Gasteiger partial charge in [-0.3, -0.25) is 19.3 Å². The van der Waals surface area contributed by atoms with Gasteiger partial charge in [-0.2, -0.15) is 0 Å². The average Bonchev–Trinajstić information content (AvgIpc) is 3.26. The van der Waals surface area contributed by atoms with E-state index in [9.17, 15) is 19.2 Å². The highest BCUT2D eigenvalue weighted by Crippen LogP contribution is 2.35. The van der Waals surface area contributed by atoms with Crippen molar-refractivity contribution < 1.29 is 19.2 Å². The Kier molecular flexibility index (Phi) is 5.36.